The third-order valence-electron chi connectivity index (χ3n) is 1.81. The van der Waals surface area contributed by atoms with E-state index in [0.29, 0.717) is 19.4 Å². The summed E-state index contributed by atoms with van der Waals surface area (Å²) in [6.07, 6.45) is 0.978. The van der Waals surface area contributed by atoms with Crippen molar-refractivity contribution >= 4 is 11.9 Å². The molecule has 0 bridgehead atoms. The van der Waals surface area contributed by atoms with Crippen LogP contribution in [-0.2, 0) is 14.3 Å². The zero-order valence-corrected chi connectivity index (χ0v) is 9.08. The molecule has 0 aromatic carbocycles. The van der Waals surface area contributed by atoms with Crippen LogP contribution in [0.15, 0.2) is 0 Å². The molecule has 0 aliphatic heterocycles. The fourth-order valence-corrected chi connectivity index (χ4v) is 1.10. The Kier molecular flexibility index (Phi) is 7.57. The van der Waals surface area contributed by atoms with E-state index < -0.39 is 12.0 Å². The molecule has 6 nitrogen and oxygen atoms in total. The number of carboxylic acids is 1. The number of carboxylic acid groups (broad SMARTS) is 1. The second-order valence-corrected chi connectivity index (χ2v) is 3.12. The number of likely N-dealkylation sites (N-methyl/N-ethyl adjacent to an activating group) is 1. The predicted molar refractivity (Wildman–Crippen MR) is 54.6 cm³/mol. The largest absolute Gasteiger partial charge is 0.480 e. The Balaban J connectivity index is 3.93. The lowest BCUT2D eigenvalue weighted by Crippen LogP contribution is -2.44. The molecular weight excluding hydrogens is 200 g/mol. The molecule has 0 saturated heterocycles. The molecule has 0 spiro atoms. The molecule has 0 rings (SSSR count). The normalized spacial score (nSPS) is 12.1. The summed E-state index contributed by atoms with van der Waals surface area (Å²) in [4.78, 5) is 21.9. The molecule has 88 valence electrons. The van der Waals surface area contributed by atoms with E-state index in [9.17, 15) is 9.59 Å². The van der Waals surface area contributed by atoms with Crippen molar-refractivity contribution < 1.29 is 19.4 Å². The number of hydrogen-bond donors (Lipinski definition) is 3. The minimum Gasteiger partial charge on any atom is -0.480 e. The fourth-order valence-electron chi connectivity index (χ4n) is 1.10. The van der Waals surface area contributed by atoms with E-state index in [2.05, 4.69) is 10.6 Å². The van der Waals surface area contributed by atoms with Gasteiger partial charge in [-0.05, 0) is 19.9 Å². The van der Waals surface area contributed by atoms with Crippen molar-refractivity contribution in [3.63, 3.8) is 0 Å². The van der Waals surface area contributed by atoms with E-state index in [1.807, 2.05) is 0 Å². The Morgan fingerprint density at radius 2 is 2.13 bits per heavy atom. The number of rotatable bonds is 8. The Hall–Kier alpha value is -1.14. The first-order chi connectivity index (χ1) is 7.11. The van der Waals surface area contributed by atoms with Crippen LogP contribution in [0.2, 0.25) is 0 Å². The van der Waals surface area contributed by atoms with Crippen molar-refractivity contribution in [2.75, 3.05) is 27.3 Å². The Morgan fingerprint density at radius 1 is 1.47 bits per heavy atom. The van der Waals surface area contributed by atoms with Gasteiger partial charge in [0.1, 0.15) is 6.04 Å². The molecule has 1 amide bonds. The minimum absolute atomic E-state index is 0.119. The van der Waals surface area contributed by atoms with Gasteiger partial charge in [-0.25, -0.2) is 4.79 Å². The van der Waals surface area contributed by atoms with Gasteiger partial charge >= 0.3 is 5.97 Å². The van der Waals surface area contributed by atoms with E-state index in [1.165, 1.54) is 0 Å². The molecule has 0 aromatic rings. The lowest BCUT2D eigenvalue weighted by Gasteiger charge is -2.13. The number of hydrogen-bond acceptors (Lipinski definition) is 4. The zero-order valence-electron chi connectivity index (χ0n) is 9.08. The second-order valence-electron chi connectivity index (χ2n) is 3.12. The summed E-state index contributed by atoms with van der Waals surface area (Å²) in [6.45, 7) is 0.611. The lowest BCUT2D eigenvalue weighted by atomic mass is 10.1. The van der Waals surface area contributed by atoms with Crippen LogP contribution in [0.5, 0.6) is 0 Å². The quantitative estimate of drug-likeness (QED) is 0.464. The molecule has 3 N–H and O–H groups in total. The first kappa shape index (κ1) is 13.9. The number of amides is 1. The minimum atomic E-state index is -1.02. The molecule has 0 aromatic heterocycles. The highest BCUT2D eigenvalue weighted by Crippen LogP contribution is 1.97. The Morgan fingerprint density at radius 3 is 2.60 bits per heavy atom. The van der Waals surface area contributed by atoms with Crippen LogP contribution in [0.1, 0.15) is 12.8 Å². The summed E-state index contributed by atoms with van der Waals surface area (Å²) in [6, 6.07) is -0.832. The number of carbonyl (C=O) groups excluding carboxylic acids is 1. The highest BCUT2D eigenvalue weighted by atomic mass is 16.5. The Bertz CT molecular complexity index is 208. The molecule has 1 atom stereocenters. The van der Waals surface area contributed by atoms with Crippen LogP contribution in [0, 0.1) is 0 Å². The van der Waals surface area contributed by atoms with E-state index in [4.69, 9.17) is 9.84 Å². The van der Waals surface area contributed by atoms with E-state index >= 15 is 0 Å². The van der Waals surface area contributed by atoms with Gasteiger partial charge in [0.05, 0.1) is 6.54 Å². The zero-order chi connectivity index (χ0) is 11.7. The number of aliphatic carboxylic acids is 1. The van der Waals surface area contributed by atoms with Gasteiger partial charge in [0.25, 0.3) is 0 Å². The summed E-state index contributed by atoms with van der Waals surface area (Å²) in [7, 11) is 3.18. The summed E-state index contributed by atoms with van der Waals surface area (Å²) < 4.78 is 4.81. The average molecular weight is 218 g/mol. The lowest BCUT2D eigenvalue weighted by molar-refractivity contribution is -0.142. The fraction of sp³-hybridized carbons (Fsp3) is 0.778. The van der Waals surface area contributed by atoms with Gasteiger partial charge in [-0.3, -0.25) is 4.79 Å². The topological polar surface area (TPSA) is 87.7 Å². The first-order valence-corrected chi connectivity index (χ1v) is 4.77. The Labute approximate surface area is 89.0 Å². The number of methoxy groups -OCH3 is 1. The molecule has 0 heterocycles. The maximum atomic E-state index is 11.1. The van der Waals surface area contributed by atoms with Gasteiger partial charge in [-0.2, -0.15) is 0 Å². The van der Waals surface area contributed by atoms with Gasteiger partial charge in [0.15, 0.2) is 0 Å². The molecule has 0 saturated carbocycles. The second kappa shape index (κ2) is 8.19. The molecular formula is C9H18N2O4. The van der Waals surface area contributed by atoms with E-state index in [0.717, 1.165) is 0 Å². The predicted octanol–water partition coefficient (Wildman–Crippen LogP) is -0.798. The van der Waals surface area contributed by atoms with Crippen molar-refractivity contribution in [2.45, 2.75) is 18.9 Å². The monoisotopic (exact) mass is 218 g/mol. The molecule has 0 radical (unpaired) electrons. The van der Waals surface area contributed by atoms with Crippen LogP contribution in [0.4, 0.5) is 0 Å². The van der Waals surface area contributed by atoms with Crippen LogP contribution >= 0.6 is 0 Å². The van der Waals surface area contributed by atoms with Crippen LogP contribution in [0.25, 0.3) is 0 Å². The number of nitrogens with one attached hydrogen (secondary N) is 2. The average Bonchev–Trinajstić information content (AvgIpc) is 2.16. The van der Waals surface area contributed by atoms with Crippen LogP contribution < -0.4 is 10.6 Å². The highest BCUT2D eigenvalue weighted by molar-refractivity contribution is 5.84. The SMILES string of the molecule is CNCC(=O)NC(CCCOC)C(=O)O. The van der Waals surface area contributed by atoms with Crippen molar-refractivity contribution in [1.82, 2.24) is 10.6 Å². The van der Waals surface area contributed by atoms with Gasteiger partial charge in [-0.15, -0.1) is 0 Å². The summed E-state index contributed by atoms with van der Waals surface area (Å²) in [5.41, 5.74) is 0. The molecule has 0 aliphatic rings. The standard InChI is InChI=1S/C9H18N2O4/c1-10-6-8(12)11-7(9(13)14)4-3-5-15-2/h7,10H,3-6H2,1-2H3,(H,11,12)(H,13,14). The summed E-state index contributed by atoms with van der Waals surface area (Å²) in [5, 5.41) is 13.9. The van der Waals surface area contributed by atoms with Crippen molar-refractivity contribution in [3.8, 4) is 0 Å². The number of carbonyl (C=O) groups is 2. The molecule has 1 unspecified atom stereocenters. The molecule has 0 fully saturated rings. The summed E-state index contributed by atoms with van der Waals surface area (Å²) in [5.74, 6) is -1.34. The van der Waals surface area contributed by atoms with Crippen molar-refractivity contribution in [1.29, 1.82) is 0 Å². The van der Waals surface area contributed by atoms with E-state index in [1.54, 1.807) is 14.2 Å². The molecule has 6 heteroatoms. The summed E-state index contributed by atoms with van der Waals surface area (Å²) >= 11 is 0. The van der Waals surface area contributed by atoms with Gasteiger partial charge in [0, 0.05) is 13.7 Å². The number of ether oxygens (including phenoxy) is 1. The van der Waals surface area contributed by atoms with Crippen LogP contribution in [0.3, 0.4) is 0 Å². The van der Waals surface area contributed by atoms with Gasteiger partial charge < -0.3 is 20.5 Å². The highest BCUT2D eigenvalue weighted by Gasteiger charge is 2.18. The van der Waals surface area contributed by atoms with Gasteiger partial charge in [0.2, 0.25) is 5.91 Å². The van der Waals surface area contributed by atoms with E-state index in [-0.39, 0.29) is 12.5 Å². The maximum absolute atomic E-state index is 11.1. The molecule has 0 aliphatic carbocycles. The smallest absolute Gasteiger partial charge is 0.326 e. The first-order valence-electron chi connectivity index (χ1n) is 4.77. The maximum Gasteiger partial charge on any atom is 0.326 e. The molecule has 15 heavy (non-hydrogen) atoms. The third kappa shape index (κ3) is 6.87. The van der Waals surface area contributed by atoms with Crippen molar-refractivity contribution in [3.05, 3.63) is 0 Å². The van der Waals surface area contributed by atoms with Crippen LogP contribution in [-0.4, -0.2) is 50.3 Å². The van der Waals surface area contributed by atoms with Crippen molar-refractivity contribution in [2.24, 2.45) is 0 Å². The third-order valence-corrected chi connectivity index (χ3v) is 1.81. The van der Waals surface area contributed by atoms with Gasteiger partial charge in [-0.1, -0.05) is 0 Å².